The lowest BCUT2D eigenvalue weighted by atomic mass is 9.86. The molecule has 0 bridgehead atoms. The first-order valence-electron chi connectivity index (χ1n) is 6.13. The van der Waals surface area contributed by atoms with Gasteiger partial charge in [0.15, 0.2) is 0 Å². The van der Waals surface area contributed by atoms with E-state index in [9.17, 15) is 4.79 Å². The molecule has 0 aromatic carbocycles. The van der Waals surface area contributed by atoms with Crippen LogP contribution in [0.15, 0.2) is 0 Å². The molecule has 16 heavy (non-hydrogen) atoms. The molecule has 1 aliphatic heterocycles. The minimum Gasteiger partial charge on any atom is -0.380 e. The maximum atomic E-state index is 11.5. The molecule has 94 valence electrons. The number of Topliss-reactive ketones (excluding diaryl/α,β-unsaturated/α-hetero) is 1. The Balaban J connectivity index is 2.53. The molecule has 1 saturated heterocycles. The highest BCUT2D eigenvalue weighted by molar-refractivity contribution is 5.81. The van der Waals surface area contributed by atoms with E-state index < -0.39 is 0 Å². The average molecular weight is 227 g/mol. The number of piperidine rings is 1. The average Bonchev–Trinajstić information content (AvgIpc) is 2.20. The van der Waals surface area contributed by atoms with Gasteiger partial charge in [0.05, 0.1) is 6.10 Å². The number of ketones is 1. The van der Waals surface area contributed by atoms with Crippen molar-refractivity contribution < 1.29 is 9.53 Å². The minimum absolute atomic E-state index is 0.237. The predicted molar refractivity (Wildman–Crippen MR) is 65.5 cm³/mol. The van der Waals surface area contributed by atoms with Gasteiger partial charge in [-0.1, -0.05) is 20.8 Å². The lowest BCUT2D eigenvalue weighted by Crippen LogP contribution is -2.48. The highest BCUT2D eigenvalue weighted by Gasteiger charge is 2.31. The summed E-state index contributed by atoms with van der Waals surface area (Å²) in [5.41, 5.74) is -0.237. The van der Waals surface area contributed by atoms with Crippen LogP contribution < -0.4 is 0 Å². The fraction of sp³-hybridized carbons (Fsp3) is 0.923. The Bertz CT molecular complexity index is 250. The number of nitrogens with zero attached hydrogens (tertiary/aromatic N) is 1. The van der Waals surface area contributed by atoms with Crippen molar-refractivity contribution in [3.8, 4) is 0 Å². The van der Waals surface area contributed by atoms with Gasteiger partial charge in [0.25, 0.3) is 0 Å². The van der Waals surface area contributed by atoms with E-state index in [1.807, 2.05) is 13.8 Å². The minimum atomic E-state index is -0.237. The van der Waals surface area contributed by atoms with E-state index >= 15 is 0 Å². The number of rotatable bonds is 4. The molecule has 0 saturated carbocycles. The first-order chi connectivity index (χ1) is 7.36. The van der Waals surface area contributed by atoms with Crippen molar-refractivity contribution in [1.82, 2.24) is 4.90 Å². The Morgan fingerprint density at radius 1 is 1.50 bits per heavy atom. The van der Waals surface area contributed by atoms with E-state index in [1.165, 1.54) is 0 Å². The molecule has 0 aliphatic carbocycles. The van der Waals surface area contributed by atoms with Crippen molar-refractivity contribution in [3.63, 3.8) is 0 Å². The normalized spacial score (nSPS) is 28.1. The number of carbonyl (C=O) groups excluding carboxylic acids is 1. The second-order valence-corrected chi connectivity index (χ2v) is 5.72. The predicted octanol–water partition coefficient (Wildman–Crippen LogP) is 1.96. The molecule has 0 N–H and O–H groups in total. The van der Waals surface area contributed by atoms with E-state index in [2.05, 4.69) is 11.8 Å². The zero-order chi connectivity index (χ0) is 12.3. The monoisotopic (exact) mass is 227 g/mol. The maximum absolute atomic E-state index is 11.5. The molecule has 0 amide bonds. The Morgan fingerprint density at radius 3 is 2.62 bits per heavy atom. The van der Waals surface area contributed by atoms with Crippen LogP contribution in [0.1, 0.15) is 34.1 Å². The van der Waals surface area contributed by atoms with Crippen LogP contribution in [0.3, 0.4) is 0 Å². The van der Waals surface area contributed by atoms with Gasteiger partial charge in [0.1, 0.15) is 5.78 Å². The number of hydrogen-bond donors (Lipinski definition) is 0. The van der Waals surface area contributed by atoms with Crippen molar-refractivity contribution in [2.24, 2.45) is 11.3 Å². The molecule has 3 nitrogen and oxygen atoms in total. The molecule has 3 heteroatoms. The van der Waals surface area contributed by atoms with Crippen LogP contribution in [-0.4, -0.2) is 43.5 Å². The standard InChI is InChI=1S/C13H25NO2/c1-10-6-7-14(8-12(10)16-5)9-13(3,4)11(2)15/h10,12H,6-9H2,1-5H3. The SMILES string of the molecule is COC1CN(CC(C)(C)C(C)=O)CCC1C. The highest BCUT2D eigenvalue weighted by Crippen LogP contribution is 2.24. The Hall–Kier alpha value is -0.410. The summed E-state index contributed by atoms with van der Waals surface area (Å²) in [7, 11) is 1.78. The summed E-state index contributed by atoms with van der Waals surface area (Å²) in [5, 5.41) is 0. The largest absolute Gasteiger partial charge is 0.380 e. The van der Waals surface area contributed by atoms with E-state index in [1.54, 1.807) is 14.0 Å². The second kappa shape index (κ2) is 5.28. The summed E-state index contributed by atoms with van der Waals surface area (Å²) in [5.74, 6) is 0.891. The number of carbonyl (C=O) groups is 1. The van der Waals surface area contributed by atoms with Crippen LogP contribution in [-0.2, 0) is 9.53 Å². The Labute approximate surface area is 99.1 Å². The second-order valence-electron chi connectivity index (χ2n) is 5.72. The summed E-state index contributed by atoms with van der Waals surface area (Å²) in [4.78, 5) is 13.9. The Kier molecular flexibility index (Phi) is 4.51. The molecule has 0 aromatic heterocycles. The molecule has 1 aliphatic rings. The van der Waals surface area contributed by atoms with Crippen molar-refractivity contribution in [2.45, 2.75) is 40.2 Å². The van der Waals surface area contributed by atoms with Crippen molar-refractivity contribution in [3.05, 3.63) is 0 Å². The van der Waals surface area contributed by atoms with Crippen molar-refractivity contribution >= 4 is 5.78 Å². The highest BCUT2D eigenvalue weighted by atomic mass is 16.5. The van der Waals surface area contributed by atoms with Gasteiger partial charge in [-0.05, 0) is 25.8 Å². The van der Waals surface area contributed by atoms with Gasteiger partial charge in [-0.2, -0.15) is 0 Å². The smallest absolute Gasteiger partial charge is 0.136 e. The summed E-state index contributed by atoms with van der Waals surface area (Å²) < 4.78 is 5.48. The van der Waals surface area contributed by atoms with Crippen LogP contribution in [0, 0.1) is 11.3 Å². The topological polar surface area (TPSA) is 29.5 Å². The molecule has 0 radical (unpaired) electrons. The number of ether oxygens (including phenoxy) is 1. The van der Waals surface area contributed by atoms with Gasteiger partial charge >= 0.3 is 0 Å². The van der Waals surface area contributed by atoms with Crippen LogP contribution in [0.5, 0.6) is 0 Å². The summed E-state index contributed by atoms with van der Waals surface area (Å²) in [6.45, 7) is 10.8. The van der Waals surface area contributed by atoms with Crippen LogP contribution >= 0.6 is 0 Å². The fourth-order valence-corrected chi connectivity index (χ4v) is 2.22. The maximum Gasteiger partial charge on any atom is 0.136 e. The zero-order valence-electron chi connectivity index (χ0n) is 11.2. The van der Waals surface area contributed by atoms with E-state index in [-0.39, 0.29) is 11.2 Å². The molecule has 1 heterocycles. The van der Waals surface area contributed by atoms with E-state index in [0.717, 1.165) is 26.1 Å². The van der Waals surface area contributed by atoms with Crippen LogP contribution in [0.2, 0.25) is 0 Å². The van der Waals surface area contributed by atoms with E-state index in [0.29, 0.717) is 12.0 Å². The van der Waals surface area contributed by atoms with Gasteiger partial charge in [-0.25, -0.2) is 0 Å². The number of hydrogen-bond acceptors (Lipinski definition) is 3. The molecule has 0 spiro atoms. The zero-order valence-corrected chi connectivity index (χ0v) is 11.2. The third-order valence-electron chi connectivity index (χ3n) is 3.85. The number of methoxy groups -OCH3 is 1. The van der Waals surface area contributed by atoms with Gasteiger partial charge in [-0.15, -0.1) is 0 Å². The quantitative estimate of drug-likeness (QED) is 0.735. The molecule has 1 fully saturated rings. The summed E-state index contributed by atoms with van der Waals surface area (Å²) in [6.07, 6.45) is 1.48. The first kappa shape index (κ1) is 13.7. The molecule has 2 atom stereocenters. The summed E-state index contributed by atoms with van der Waals surface area (Å²) >= 11 is 0. The van der Waals surface area contributed by atoms with Crippen LogP contribution in [0.4, 0.5) is 0 Å². The third-order valence-corrected chi connectivity index (χ3v) is 3.85. The lowest BCUT2D eigenvalue weighted by Gasteiger charge is -2.39. The number of likely N-dealkylation sites (tertiary alicyclic amines) is 1. The molecular formula is C13H25NO2. The van der Waals surface area contributed by atoms with Gasteiger partial charge in [-0.3, -0.25) is 9.69 Å². The Morgan fingerprint density at radius 2 is 2.12 bits per heavy atom. The van der Waals surface area contributed by atoms with Gasteiger partial charge in [0.2, 0.25) is 0 Å². The molecule has 0 aromatic rings. The van der Waals surface area contributed by atoms with Crippen molar-refractivity contribution in [2.75, 3.05) is 26.7 Å². The van der Waals surface area contributed by atoms with Gasteiger partial charge < -0.3 is 4.74 Å². The van der Waals surface area contributed by atoms with Gasteiger partial charge in [0, 0.05) is 25.6 Å². The summed E-state index contributed by atoms with van der Waals surface area (Å²) in [6, 6.07) is 0. The third kappa shape index (κ3) is 3.29. The van der Waals surface area contributed by atoms with E-state index in [4.69, 9.17) is 4.74 Å². The molecule has 2 unspecified atom stereocenters. The van der Waals surface area contributed by atoms with Crippen LogP contribution in [0.25, 0.3) is 0 Å². The van der Waals surface area contributed by atoms with Crippen molar-refractivity contribution in [1.29, 1.82) is 0 Å². The first-order valence-corrected chi connectivity index (χ1v) is 6.13. The molecular weight excluding hydrogens is 202 g/mol. The molecule has 1 rings (SSSR count). The lowest BCUT2D eigenvalue weighted by molar-refractivity contribution is -0.126. The fourth-order valence-electron chi connectivity index (χ4n) is 2.22.